The summed E-state index contributed by atoms with van der Waals surface area (Å²) in [6.07, 6.45) is 3.82. The summed E-state index contributed by atoms with van der Waals surface area (Å²) in [6, 6.07) is 5.75. The standard InChI is InChI=1S/C19H17FN6O4/c1-24-9-21-17-16(24)18(27)25(10-22-17)8-15-23-26(19(28)30-15)12-6-14(7-12)29-13-4-2-3-11(20)5-13/h2-5,9-10,12,14H,6-8H2,1H3. The molecule has 0 radical (unpaired) electrons. The number of ether oxygens (including phenoxy) is 1. The SMILES string of the molecule is Cn1cnc2ncn(Cc3nn(C4CC(Oc5cccc(F)c5)C4)c(=O)o3)c(=O)c21. The Morgan fingerprint density at radius 2 is 2.03 bits per heavy atom. The van der Waals surface area contributed by atoms with Crippen LogP contribution in [0.15, 0.2) is 50.9 Å². The van der Waals surface area contributed by atoms with Crippen LogP contribution in [0.2, 0.25) is 0 Å². The van der Waals surface area contributed by atoms with Gasteiger partial charge in [-0.1, -0.05) is 6.07 Å². The number of hydrogen-bond donors (Lipinski definition) is 0. The molecule has 0 bridgehead atoms. The highest BCUT2D eigenvalue weighted by Crippen LogP contribution is 2.34. The molecule has 154 valence electrons. The van der Waals surface area contributed by atoms with Gasteiger partial charge in [0.2, 0.25) is 5.89 Å². The van der Waals surface area contributed by atoms with E-state index in [1.54, 1.807) is 23.7 Å². The number of fused-ring (bicyclic) bond motifs is 1. The van der Waals surface area contributed by atoms with E-state index < -0.39 is 5.76 Å². The van der Waals surface area contributed by atoms with Crippen LogP contribution in [0.5, 0.6) is 5.75 Å². The van der Waals surface area contributed by atoms with Gasteiger partial charge >= 0.3 is 5.76 Å². The van der Waals surface area contributed by atoms with Crippen molar-refractivity contribution in [2.24, 2.45) is 7.05 Å². The number of aryl methyl sites for hydroxylation is 1. The number of benzene rings is 1. The maximum Gasteiger partial charge on any atom is 0.437 e. The quantitative estimate of drug-likeness (QED) is 0.485. The van der Waals surface area contributed by atoms with Crippen LogP contribution in [0.1, 0.15) is 24.8 Å². The van der Waals surface area contributed by atoms with Gasteiger partial charge in [-0.05, 0) is 12.1 Å². The molecule has 11 heteroatoms. The van der Waals surface area contributed by atoms with Gasteiger partial charge in [-0.25, -0.2) is 19.2 Å². The van der Waals surface area contributed by atoms with Crippen LogP contribution >= 0.6 is 0 Å². The summed E-state index contributed by atoms with van der Waals surface area (Å²) in [5.41, 5.74) is 0.407. The summed E-state index contributed by atoms with van der Waals surface area (Å²) in [4.78, 5) is 33.0. The minimum atomic E-state index is -0.596. The summed E-state index contributed by atoms with van der Waals surface area (Å²) in [6.45, 7) is -0.0227. The lowest BCUT2D eigenvalue weighted by atomic mass is 9.89. The van der Waals surface area contributed by atoms with E-state index in [0.29, 0.717) is 29.8 Å². The van der Waals surface area contributed by atoms with Crippen molar-refractivity contribution in [3.05, 3.63) is 69.5 Å². The maximum atomic E-state index is 13.3. The van der Waals surface area contributed by atoms with E-state index in [9.17, 15) is 14.0 Å². The molecule has 3 heterocycles. The minimum Gasteiger partial charge on any atom is -0.490 e. The summed E-state index contributed by atoms with van der Waals surface area (Å²) in [5.74, 6) is -0.402. The van der Waals surface area contributed by atoms with Crippen molar-refractivity contribution in [2.45, 2.75) is 31.5 Å². The second-order valence-electron chi connectivity index (χ2n) is 7.23. The highest BCUT2D eigenvalue weighted by Gasteiger charge is 2.35. The molecule has 10 nitrogen and oxygen atoms in total. The third-order valence-electron chi connectivity index (χ3n) is 5.13. The lowest BCUT2D eigenvalue weighted by Crippen LogP contribution is -2.39. The van der Waals surface area contributed by atoms with Gasteiger partial charge in [-0.3, -0.25) is 9.36 Å². The summed E-state index contributed by atoms with van der Waals surface area (Å²) < 4.78 is 28.3. The monoisotopic (exact) mass is 412 g/mol. The first-order valence-electron chi connectivity index (χ1n) is 9.35. The average molecular weight is 412 g/mol. The molecule has 1 saturated carbocycles. The molecule has 4 aromatic rings. The van der Waals surface area contributed by atoms with Gasteiger partial charge < -0.3 is 13.7 Å². The average Bonchev–Trinajstić information content (AvgIpc) is 3.23. The summed E-state index contributed by atoms with van der Waals surface area (Å²) in [5, 5.41) is 4.23. The van der Waals surface area contributed by atoms with E-state index in [2.05, 4.69) is 15.1 Å². The molecule has 0 unspecified atom stereocenters. The van der Waals surface area contributed by atoms with Gasteiger partial charge in [0.05, 0.1) is 12.4 Å². The van der Waals surface area contributed by atoms with E-state index in [-0.39, 0.29) is 36.0 Å². The number of rotatable bonds is 5. The number of nitrogens with zero attached hydrogens (tertiary/aromatic N) is 6. The first-order valence-corrected chi connectivity index (χ1v) is 9.35. The van der Waals surface area contributed by atoms with Gasteiger partial charge in [0.25, 0.3) is 5.56 Å². The molecule has 1 aromatic carbocycles. The van der Waals surface area contributed by atoms with Crippen LogP contribution in [0.4, 0.5) is 4.39 Å². The van der Waals surface area contributed by atoms with Crippen LogP contribution in [-0.4, -0.2) is 35.0 Å². The third-order valence-corrected chi connectivity index (χ3v) is 5.13. The number of aromatic nitrogens is 6. The fourth-order valence-corrected chi connectivity index (χ4v) is 3.52. The lowest BCUT2D eigenvalue weighted by Gasteiger charge is -2.34. The Hall–Kier alpha value is -3.76. The maximum absolute atomic E-state index is 13.3. The summed E-state index contributed by atoms with van der Waals surface area (Å²) >= 11 is 0. The molecule has 3 aromatic heterocycles. The van der Waals surface area contributed by atoms with Crippen LogP contribution in [0.25, 0.3) is 11.2 Å². The second-order valence-corrected chi connectivity index (χ2v) is 7.23. The normalized spacial score (nSPS) is 18.5. The van der Waals surface area contributed by atoms with Gasteiger partial charge in [0.1, 0.15) is 30.5 Å². The van der Waals surface area contributed by atoms with Crippen LogP contribution < -0.4 is 16.1 Å². The largest absolute Gasteiger partial charge is 0.490 e. The first kappa shape index (κ1) is 18.3. The van der Waals surface area contributed by atoms with Crippen molar-refractivity contribution < 1.29 is 13.5 Å². The molecule has 0 N–H and O–H groups in total. The van der Waals surface area contributed by atoms with Gasteiger partial charge in [0.15, 0.2) is 11.2 Å². The predicted molar refractivity (Wildman–Crippen MR) is 102 cm³/mol. The molecule has 1 fully saturated rings. The van der Waals surface area contributed by atoms with Crippen LogP contribution in [-0.2, 0) is 13.6 Å². The van der Waals surface area contributed by atoms with Crippen LogP contribution in [0.3, 0.4) is 0 Å². The molecule has 0 amide bonds. The molecule has 0 atom stereocenters. The molecule has 0 spiro atoms. The van der Waals surface area contributed by atoms with Gasteiger partial charge in [-0.15, -0.1) is 5.10 Å². The minimum absolute atomic E-state index is 0.0227. The topological polar surface area (TPSA) is 110 Å². The first-order chi connectivity index (χ1) is 14.5. The number of imidazole rings is 1. The van der Waals surface area contributed by atoms with Crippen molar-refractivity contribution >= 4 is 11.2 Å². The third kappa shape index (κ3) is 3.17. The van der Waals surface area contributed by atoms with Crippen molar-refractivity contribution in [2.75, 3.05) is 0 Å². The fourth-order valence-electron chi connectivity index (χ4n) is 3.52. The zero-order valence-electron chi connectivity index (χ0n) is 15.9. The van der Waals surface area contributed by atoms with E-state index in [4.69, 9.17) is 9.15 Å². The van der Waals surface area contributed by atoms with E-state index >= 15 is 0 Å². The van der Waals surface area contributed by atoms with Gasteiger partial charge in [-0.2, -0.15) is 4.68 Å². The molecule has 0 aliphatic heterocycles. The zero-order chi connectivity index (χ0) is 20.8. The fraction of sp³-hybridized carbons (Fsp3) is 0.316. The van der Waals surface area contributed by atoms with E-state index in [1.165, 1.54) is 34.0 Å². The van der Waals surface area contributed by atoms with Crippen molar-refractivity contribution in [3.8, 4) is 5.75 Å². The predicted octanol–water partition coefficient (Wildman–Crippen LogP) is 1.25. The smallest absolute Gasteiger partial charge is 0.437 e. The van der Waals surface area contributed by atoms with E-state index in [1.807, 2.05) is 0 Å². The second kappa shape index (κ2) is 6.94. The number of hydrogen-bond acceptors (Lipinski definition) is 7. The lowest BCUT2D eigenvalue weighted by molar-refractivity contribution is 0.0613. The molecule has 30 heavy (non-hydrogen) atoms. The van der Waals surface area contributed by atoms with Crippen molar-refractivity contribution in [1.29, 1.82) is 0 Å². The molecular formula is C19H17FN6O4. The Bertz CT molecular complexity index is 1350. The molecule has 1 aliphatic carbocycles. The Morgan fingerprint density at radius 3 is 2.83 bits per heavy atom. The molecule has 5 rings (SSSR count). The Kier molecular flexibility index (Phi) is 4.23. The van der Waals surface area contributed by atoms with Gasteiger partial charge in [0, 0.05) is 26.0 Å². The van der Waals surface area contributed by atoms with Crippen molar-refractivity contribution in [3.63, 3.8) is 0 Å². The Labute approximate surface area is 168 Å². The summed E-state index contributed by atoms with van der Waals surface area (Å²) in [7, 11) is 1.70. The van der Waals surface area contributed by atoms with E-state index in [0.717, 1.165) is 0 Å². The Morgan fingerprint density at radius 1 is 1.23 bits per heavy atom. The molecular weight excluding hydrogens is 395 g/mol. The highest BCUT2D eigenvalue weighted by molar-refractivity contribution is 5.68. The van der Waals surface area contributed by atoms with Crippen LogP contribution in [0, 0.1) is 5.82 Å². The molecule has 0 saturated heterocycles. The zero-order valence-corrected chi connectivity index (χ0v) is 15.9. The highest BCUT2D eigenvalue weighted by atomic mass is 19.1. The molecule has 1 aliphatic rings. The Balaban J connectivity index is 1.29. The van der Waals surface area contributed by atoms with Crippen molar-refractivity contribution in [1.82, 2.24) is 28.9 Å². The number of halogens is 1.